The van der Waals surface area contributed by atoms with Crippen molar-refractivity contribution in [3.8, 4) is 0 Å². The monoisotopic (exact) mass is 384 g/mol. The average Bonchev–Trinajstić information content (AvgIpc) is 3.04. The molecule has 0 bridgehead atoms. The molecule has 28 heavy (non-hydrogen) atoms. The fourth-order valence-corrected chi connectivity index (χ4v) is 8.18. The van der Waals surface area contributed by atoms with Crippen LogP contribution in [-0.2, 0) is 0 Å². The first-order valence-corrected chi connectivity index (χ1v) is 12.4. The van der Waals surface area contributed by atoms with Gasteiger partial charge in [-0.1, -0.05) is 64.3 Å². The van der Waals surface area contributed by atoms with Gasteiger partial charge in [-0.3, -0.25) is 0 Å². The predicted molar refractivity (Wildman–Crippen MR) is 119 cm³/mol. The molecule has 0 saturated heterocycles. The zero-order chi connectivity index (χ0) is 19.9. The van der Waals surface area contributed by atoms with Crippen LogP contribution in [0.15, 0.2) is 23.8 Å². The van der Waals surface area contributed by atoms with Gasteiger partial charge < -0.3 is 5.11 Å². The fraction of sp³-hybridized carbons (Fsp3) is 0.852. The molecule has 0 aromatic heterocycles. The molecule has 0 aromatic rings. The van der Waals surface area contributed by atoms with Gasteiger partial charge >= 0.3 is 0 Å². The molecular formula is C27H44O. The molecule has 0 spiro atoms. The van der Waals surface area contributed by atoms with Crippen LogP contribution in [0.5, 0.6) is 0 Å². The Bertz CT molecular complexity index is 618. The molecule has 3 fully saturated rings. The lowest BCUT2D eigenvalue weighted by molar-refractivity contribution is -0.00480. The molecule has 2 unspecified atom stereocenters. The van der Waals surface area contributed by atoms with Crippen molar-refractivity contribution in [2.24, 2.45) is 46.3 Å². The first kappa shape index (κ1) is 20.7. The second-order valence-electron chi connectivity index (χ2n) is 11.5. The maximum absolute atomic E-state index is 9.28. The SMILES string of the molecule is CC(CO)CC=C[C@@H](C)[C@H]1CC[C@H]2C3=CCC4CCCC[C@]4(C)[C@H]3CC[C@]12C. The minimum atomic E-state index is 0.303. The predicted octanol–water partition coefficient (Wildman–Crippen LogP) is 7.17. The highest BCUT2D eigenvalue weighted by atomic mass is 16.3. The van der Waals surface area contributed by atoms with Crippen molar-refractivity contribution in [3.63, 3.8) is 0 Å². The molecule has 1 N–H and O–H groups in total. The van der Waals surface area contributed by atoms with E-state index in [0.717, 1.165) is 30.1 Å². The van der Waals surface area contributed by atoms with Crippen molar-refractivity contribution in [2.75, 3.05) is 6.61 Å². The maximum Gasteiger partial charge on any atom is 0.0459 e. The molecule has 1 nitrogen and oxygen atoms in total. The standard InChI is InChI=1S/C27H44O/c1-19(18-28)8-7-9-20(2)23-13-14-24-22-12-11-21-10-5-6-16-26(21,3)25(22)15-17-27(23,24)4/h7,9,12,19-21,23-25,28H,5-6,8,10-11,13-18H2,1-4H3/t19?,20-,21?,23-,24+,25+,26+,27-/m1/s1. The summed E-state index contributed by atoms with van der Waals surface area (Å²) in [5.41, 5.74) is 3.02. The van der Waals surface area contributed by atoms with Crippen LogP contribution < -0.4 is 0 Å². The van der Waals surface area contributed by atoms with Crippen LogP contribution in [0.4, 0.5) is 0 Å². The van der Waals surface area contributed by atoms with E-state index in [-0.39, 0.29) is 0 Å². The third-order valence-electron chi connectivity index (χ3n) is 10.00. The first-order valence-electron chi connectivity index (χ1n) is 12.4. The Labute approximate surface area is 174 Å². The van der Waals surface area contributed by atoms with E-state index in [1.807, 2.05) is 5.57 Å². The number of fused-ring (bicyclic) bond motifs is 5. The van der Waals surface area contributed by atoms with E-state index in [9.17, 15) is 5.11 Å². The van der Waals surface area contributed by atoms with Crippen LogP contribution in [-0.4, -0.2) is 11.7 Å². The molecule has 1 heteroatoms. The summed E-state index contributed by atoms with van der Waals surface area (Å²) in [5.74, 6) is 4.59. The minimum absolute atomic E-state index is 0.303. The summed E-state index contributed by atoms with van der Waals surface area (Å²) in [6.07, 6.45) is 21.6. The summed E-state index contributed by atoms with van der Waals surface area (Å²) >= 11 is 0. The number of allylic oxidation sites excluding steroid dienone is 4. The quantitative estimate of drug-likeness (QED) is 0.498. The van der Waals surface area contributed by atoms with Gasteiger partial charge in [0.2, 0.25) is 0 Å². The van der Waals surface area contributed by atoms with Gasteiger partial charge in [-0.2, -0.15) is 0 Å². The van der Waals surface area contributed by atoms with Gasteiger partial charge in [0.15, 0.2) is 0 Å². The summed E-state index contributed by atoms with van der Waals surface area (Å²) in [4.78, 5) is 0. The Hall–Kier alpha value is -0.560. The van der Waals surface area contributed by atoms with E-state index >= 15 is 0 Å². The summed E-state index contributed by atoms with van der Waals surface area (Å²) in [6, 6.07) is 0. The van der Waals surface area contributed by atoms with Gasteiger partial charge in [0.25, 0.3) is 0 Å². The van der Waals surface area contributed by atoms with E-state index in [4.69, 9.17) is 0 Å². The molecule has 4 aliphatic carbocycles. The van der Waals surface area contributed by atoms with E-state index in [0.29, 0.717) is 29.3 Å². The second-order valence-corrected chi connectivity index (χ2v) is 11.5. The van der Waals surface area contributed by atoms with Gasteiger partial charge in [-0.15, -0.1) is 0 Å². The van der Waals surface area contributed by atoms with Crippen molar-refractivity contribution in [3.05, 3.63) is 23.8 Å². The van der Waals surface area contributed by atoms with Gasteiger partial charge in [0.05, 0.1) is 0 Å². The zero-order valence-electron chi connectivity index (χ0n) is 18.9. The summed E-state index contributed by atoms with van der Waals surface area (Å²) in [7, 11) is 0. The Morgan fingerprint density at radius 3 is 2.61 bits per heavy atom. The average molecular weight is 385 g/mol. The number of hydrogen-bond acceptors (Lipinski definition) is 1. The molecule has 4 aliphatic rings. The van der Waals surface area contributed by atoms with Crippen LogP contribution in [0.2, 0.25) is 0 Å². The van der Waals surface area contributed by atoms with E-state index in [1.54, 1.807) is 0 Å². The summed E-state index contributed by atoms with van der Waals surface area (Å²) in [6.45, 7) is 10.2. The van der Waals surface area contributed by atoms with E-state index in [1.165, 1.54) is 57.8 Å². The molecule has 0 amide bonds. The topological polar surface area (TPSA) is 20.2 Å². The molecule has 3 saturated carbocycles. The molecule has 4 rings (SSSR count). The van der Waals surface area contributed by atoms with Crippen LogP contribution in [0.25, 0.3) is 0 Å². The molecular weight excluding hydrogens is 340 g/mol. The largest absolute Gasteiger partial charge is 0.396 e. The van der Waals surface area contributed by atoms with Gasteiger partial charge in [-0.25, -0.2) is 0 Å². The van der Waals surface area contributed by atoms with Crippen LogP contribution >= 0.6 is 0 Å². The minimum Gasteiger partial charge on any atom is -0.396 e. The van der Waals surface area contributed by atoms with E-state index < -0.39 is 0 Å². The Morgan fingerprint density at radius 1 is 1.04 bits per heavy atom. The second kappa shape index (κ2) is 7.93. The number of hydrogen-bond donors (Lipinski definition) is 1. The molecule has 0 aliphatic heterocycles. The third kappa shape index (κ3) is 3.34. The molecule has 8 atom stereocenters. The number of aliphatic hydroxyl groups is 1. The molecule has 0 aromatic carbocycles. The van der Waals surface area contributed by atoms with Gasteiger partial charge in [-0.05, 0) is 97.7 Å². The maximum atomic E-state index is 9.28. The highest BCUT2D eigenvalue weighted by molar-refractivity contribution is 5.27. The van der Waals surface area contributed by atoms with Crippen LogP contribution in [0, 0.1) is 46.3 Å². The molecule has 0 heterocycles. The number of rotatable bonds is 5. The molecule has 158 valence electrons. The lowest BCUT2D eigenvalue weighted by Gasteiger charge is -2.57. The van der Waals surface area contributed by atoms with Crippen LogP contribution in [0.1, 0.15) is 91.9 Å². The summed E-state index contributed by atoms with van der Waals surface area (Å²) in [5, 5.41) is 9.28. The molecule has 0 radical (unpaired) electrons. The summed E-state index contributed by atoms with van der Waals surface area (Å²) < 4.78 is 0. The van der Waals surface area contributed by atoms with Gasteiger partial charge in [0, 0.05) is 6.61 Å². The van der Waals surface area contributed by atoms with Crippen molar-refractivity contribution in [1.29, 1.82) is 0 Å². The third-order valence-corrected chi connectivity index (χ3v) is 10.00. The highest BCUT2D eigenvalue weighted by Gasteiger charge is 2.57. The lowest BCUT2D eigenvalue weighted by atomic mass is 9.48. The fourth-order valence-electron chi connectivity index (χ4n) is 8.18. The Morgan fingerprint density at radius 2 is 1.82 bits per heavy atom. The van der Waals surface area contributed by atoms with Crippen molar-refractivity contribution >= 4 is 0 Å². The van der Waals surface area contributed by atoms with Crippen molar-refractivity contribution < 1.29 is 5.11 Å². The normalized spacial score (nSPS) is 45.1. The lowest BCUT2D eigenvalue weighted by Crippen LogP contribution is -2.48. The van der Waals surface area contributed by atoms with Gasteiger partial charge in [0.1, 0.15) is 0 Å². The smallest absolute Gasteiger partial charge is 0.0459 e. The highest BCUT2D eigenvalue weighted by Crippen LogP contribution is 2.66. The van der Waals surface area contributed by atoms with Crippen molar-refractivity contribution in [1.82, 2.24) is 0 Å². The van der Waals surface area contributed by atoms with E-state index in [2.05, 4.69) is 45.9 Å². The zero-order valence-corrected chi connectivity index (χ0v) is 18.9. The Kier molecular flexibility index (Phi) is 5.87. The Balaban J connectivity index is 1.51. The van der Waals surface area contributed by atoms with Crippen LogP contribution in [0.3, 0.4) is 0 Å². The van der Waals surface area contributed by atoms with Crippen molar-refractivity contribution in [2.45, 2.75) is 91.9 Å². The number of aliphatic hydroxyl groups excluding tert-OH is 1. The first-order chi connectivity index (χ1) is 13.4.